The SMILES string of the molecule is O=[N+]([O-])c1ccc(CONc2nc(-c3ccccc3)nc3ccccc23)cc1. The van der Waals surface area contributed by atoms with Gasteiger partial charge in [-0.3, -0.25) is 15.0 Å². The first-order valence-corrected chi connectivity index (χ1v) is 8.64. The van der Waals surface area contributed by atoms with E-state index in [2.05, 4.69) is 15.4 Å². The maximum Gasteiger partial charge on any atom is 0.269 e. The van der Waals surface area contributed by atoms with Gasteiger partial charge in [-0.2, -0.15) is 0 Å². The summed E-state index contributed by atoms with van der Waals surface area (Å²) in [7, 11) is 0. The van der Waals surface area contributed by atoms with Crippen molar-refractivity contribution in [1.29, 1.82) is 0 Å². The summed E-state index contributed by atoms with van der Waals surface area (Å²) in [4.78, 5) is 25.1. The summed E-state index contributed by atoms with van der Waals surface area (Å²) in [6, 6.07) is 23.6. The predicted octanol–water partition coefficient (Wildman–Crippen LogP) is 4.75. The Morgan fingerprint density at radius 3 is 2.36 bits per heavy atom. The average molecular weight is 372 g/mol. The summed E-state index contributed by atoms with van der Waals surface area (Å²) in [6.45, 7) is 0.233. The summed E-state index contributed by atoms with van der Waals surface area (Å²) in [5.74, 6) is 1.16. The van der Waals surface area contributed by atoms with E-state index in [1.54, 1.807) is 12.1 Å². The van der Waals surface area contributed by atoms with Crippen LogP contribution in [0.4, 0.5) is 11.5 Å². The Balaban J connectivity index is 1.56. The summed E-state index contributed by atoms with van der Waals surface area (Å²) in [5.41, 5.74) is 5.46. The van der Waals surface area contributed by atoms with E-state index in [1.165, 1.54) is 12.1 Å². The number of nitrogens with one attached hydrogen (secondary N) is 1. The van der Waals surface area contributed by atoms with Crippen molar-refractivity contribution in [3.8, 4) is 11.4 Å². The Labute approximate surface area is 160 Å². The first kappa shape index (κ1) is 17.6. The third-order valence-electron chi connectivity index (χ3n) is 4.19. The topological polar surface area (TPSA) is 90.2 Å². The lowest BCUT2D eigenvalue weighted by molar-refractivity contribution is -0.384. The molecule has 1 aromatic heterocycles. The number of rotatable bonds is 6. The van der Waals surface area contributed by atoms with Crippen LogP contribution in [0.1, 0.15) is 5.56 Å². The molecule has 7 nitrogen and oxygen atoms in total. The zero-order valence-corrected chi connectivity index (χ0v) is 14.8. The fourth-order valence-electron chi connectivity index (χ4n) is 2.77. The van der Waals surface area contributed by atoms with Crippen LogP contribution in [0.3, 0.4) is 0 Å². The fourth-order valence-corrected chi connectivity index (χ4v) is 2.77. The van der Waals surface area contributed by atoms with Crippen molar-refractivity contribution < 1.29 is 9.76 Å². The fraction of sp³-hybridized carbons (Fsp3) is 0.0476. The Morgan fingerprint density at radius 2 is 1.61 bits per heavy atom. The highest BCUT2D eigenvalue weighted by atomic mass is 16.6. The van der Waals surface area contributed by atoms with E-state index >= 15 is 0 Å². The van der Waals surface area contributed by atoms with E-state index < -0.39 is 4.92 Å². The van der Waals surface area contributed by atoms with E-state index in [-0.39, 0.29) is 12.3 Å². The van der Waals surface area contributed by atoms with Crippen molar-refractivity contribution in [2.24, 2.45) is 0 Å². The molecule has 0 atom stereocenters. The van der Waals surface area contributed by atoms with Gasteiger partial charge in [0.15, 0.2) is 11.6 Å². The number of non-ortho nitro benzene ring substituents is 1. The predicted molar refractivity (Wildman–Crippen MR) is 106 cm³/mol. The van der Waals surface area contributed by atoms with Gasteiger partial charge in [-0.1, -0.05) is 42.5 Å². The van der Waals surface area contributed by atoms with Crippen molar-refractivity contribution in [2.45, 2.75) is 6.61 Å². The molecule has 0 saturated heterocycles. The van der Waals surface area contributed by atoms with Gasteiger partial charge in [0.05, 0.1) is 17.0 Å². The van der Waals surface area contributed by atoms with Crippen LogP contribution >= 0.6 is 0 Å². The van der Waals surface area contributed by atoms with Crippen LogP contribution < -0.4 is 5.48 Å². The van der Waals surface area contributed by atoms with Crippen LogP contribution in [0, 0.1) is 10.1 Å². The Morgan fingerprint density at radius 1 is 0.893 bits per heavy atom. The molecule has 0 bridgehead atoms. The molecule has 0 aliphatic heterocycles. The highest BCUT2D eigenvalue weighted by Gasteiger charge is 2.10. The second kappa shape index (κ2) is 7.81. The molecule has 0 aliphatic carbocycles. The molecule has 0 spiro atoms. The van der Waals surface area contributed by atoms with Crippen molar-refractivity contribution in [3.63, 3.8) is 0 Å². The lowest BCUT2D eigenvalue weighted by Crippen LogP contribution is -2.05. The number of nitro groups is 1. The van der Waals surface area contributed by atoms with Gasteiger partial charge in [-0.05, 0) is 29.8 Å². The standard InChI is InChI=1S/C21H16N4O3/c26-25(27)17-12-10-15(11-13-17)14-28-24-21-18-8-4-5-9-19(18)22-20(23-21)16-6-2-1-3-7-16/h1-13H,14H2,(H,22,23,24). The summed E-state index contributed by atoms with van der Waals surface area (Å²) in [6.07, 6.45) is 0. The Bertz CT molecular complexity index is 1120. The van der Waals surface area contributed by atoms with Gasteiger partial charge in [-0.15, -0.1) is 0 Å². The molecular formula is C21H16N4O3. The van der Waals surface area contributed by atoms with Crippen LogP contribution in [0.15, 0.2) is 78.9 Å². The average Bonchev–Trinajstić information content (AvgIpc) is 2.74. The molecule has 7 heteroatoms. The van der Waals surface area contributed by atoms with Crippen molar-refractivity contribution in [3.05, 3.63) is 94.5 Å². The van der Waals surface area contributed by atoms with Crippen LogP contribution in [-0.2, 0) is 11.4 Å². The number of fused-ring (bicyclic) bond motifs is 1. The molecule has 0 aliphatic rings. The lowest BCUT2D eigenvalue weighted by atomic mass is 10.2. The van der Waals surface area contributed by atoms with E-state index in [4.69, 9.17) is 4.84 Å². The molecule has 4 aromatic rings. The largest absolute Gasteiger partial charge is 0.270 e. The van der Waals surface area contributed by atoms with Crippen LogP contribution in [0.5, 0.6) is 0 Å². The monoisotopic (exact) mass is 372 g/mol. The van der Waals surface area contributed by atoms with Gasteiger partial charge < -0.3 is 0 Å². The molecule has 0 amide bonds. The summed E-state index contributed by atoms with van der Waals surface area (Å²) < 4.78 is 0. The maximum absolute atomic E-state index is 10.7. The van der Waals surface area contributed by atoms with Gasteiger partial charge in [-0.25, -0.2) is 15.4 Å². The number of anilines is 1. The van der Waals surface area contributed by atoms with Crippen LogP contribution in [-0.4, -0.2) is 14.9 Å². The molecule has 0 fully saturated rings. The molecule has 1 N–H and O–H groups in total. The Hall–Kier alpha value is -3.84. The van der Waals surface area contributed by atoms with Gasteiger partial charge in [0.1, 0.15) is 0 Å². The quantitative estimate of drug-likeness (QED) is 0.388. The zero-order chi connectivity index (χ0) is 19.3. The van der Waals surface area contributed by atoms with E-state index in [1.807, 2.05) is 54.6 Å². The zero-order valence-electron chi connectivity index (χ0n) is 14.8. The van der Waals surface area contributed by atoms with E-state index in [9.17, 15) is 10.1 Å². The Kier molecular flexibility index (Phi) is 4.90. The normalized spacial score (nSPS) is 10.7. The van der Waals surface area contributed by atoms with Gasteiger partial charge in [0.2, 0.25) is 0 Å². The van der Waals surface area contributed by atoms with E-state index in [0.29, 0.717) is 11.6 Å². The molecule has 138 valence electrons. The number of nitro benzene ring substituents is 1. The first-order chi connectivity index (χ1) is 13.7. The third kappa shape index (κ3) is 3.79. The second-order valence-corrected chi connectivity index (χ2v) is 6.09. The minimum atomic E-state index is -0.430. The number of hydrogen-bond donors (Lipinski definition) is 1. The maximum atomic E-state index is 10.7. The van der Waals surface area contributed by atoms with Crippen molar-refractivity contribution >= 4 is 22.4 Å². The molecular weight excluding hydrogens is 356 g/mol. The minimum absolute atomic E-state index is 0.0472. The minimum Gasteiger partial charge on any atom is -0.270 e. The molecule has 0 unspecified atom stereocenters. The van der Waals surface area contributed by atoms with E-state index in [0.717, 1.165) is 22.0 Å². The van der Waals surface area contributed by atoms with Crippen molar-refractivity contribution in [2.75, 3.05) is 5.48 Å². The number of benzene rings is 3. The van der Waals surface area contributed by atoms with Gasteiger partial charge in [0, 0.05) is 23.1 Å². The molecule has 1 heterocycles. The highest BCUT2D eigenvalue weighted by Crippen LogP contribution is 2.25. The van der Waals surface area contributed by atoms with Crippen LogP contribution in [0.2, 0.25) is 0 Å². The van der Waals surface area contributed by atoms with Crippen molar-refractivity contribution in [1.82, 2.24) is 9.97 Å². The molecule has 28 heavy (non-hydrogen) atoms. The lowest BCUT2D eigenvalue weighted by Gasteiger charge is -2.11. The summed E-state index contributed by atoms with van der Waals surface area (Å²) in [5, 5.41) is 11.6. The number of para-hydroxylation sites is 1. The smallest absolute Gasteiger partial charge is 0.269 e. The number of nitrogens with zero attached hydrogens (tertiary/aromatic N) is 3. The molecule has 3 aromatic carbocycles. The first-order valence-electron chi connectivity index (χ1n) is 8.64. The molecule has 0 saturated carbocycles. The van der Waals surface area contributed by atoms with Gasteiger partial charge in [0.25, 0.3) is 5.69 Å². The molecule has 4 rings (SSSR count). The van der Waals surface area contributed by atoms with Gasteiger partial charge >= 0.3 is 0 Å². The number of hydrogen-bond acceptors (Lipinski definition) is 6. The summed E-state index contributed by atoms with van der Waals surface area (Å²) >= 11 is 0. The second-order valence-electron chi connectivity index (χ2n) is 6.09. The van der Waals surface area contributed by atoms with Crippen LogP contribution in [0.25, 0.3) is 22.3 Å². The molecule has 0 radical (unpaired) electrons. The third-order valence-corrected chi connectivity index (χ3v) is 4.19. The number of aromatic nitrogens is 2. The highest BCUT2D eigenvalue weighted by molar-refractivity contribution is 5.90.